The van der Waals surface area contributed by atoms with Crippen LogP contribution >= 0.6 is 0 Å². The number of benzene rings is 2. The predicted octanol–water partition coefficient (Wildman–Crippen LogP) is 2.50. The van der Waals surface area contributed by atoms with Crippen LogP contribution in [0, 0.1) is 5.82 Å². The number of hydrogen-bond donors (Lipinski definition) is 1. The number of ether oxygens (including phenoxy) is 2. The monoisotopic (exact) mass is 346 g/mol. The predicted molar refractivity (Wildman–Crippen MR) is 94.9 cm³/mol. The van der Waals surface area contributed by atoms with E-state index in [1.165, 1.54) is 12.1 Å². The number of carbonyl (C=O) groups is 1. The lowest BCUT2D eigenvalue weighted by molar-refractivity contribution is -0.131. The molecule has 0 fully saturated rings. The third-order valence-corrected chi connectivity index (χ3v) is 3.70. The van der Waals surface area contributed by atoms with Crippen LogP contribution in [0.2, 0.25) is 0 Å². The third-order valence-electron chi connectivity index (χ3n) is 3.70. The Bertz CT molecular complexity index is 659. The van der Waals surface area contributed by atoms with Crippen molar-refractivity contribution >= 4 is 11.6 Å². The summed E-state index contributed by atoms with van der Waals surface area (Å²) >= 11 is 0. The summed E-state index contributed by atoms with van der Waals surface area (Å²) < 4.78 is 23.5. The van der Waals surface area contributed by atoms with E-state index < -0.39 is 0 Å². The lowest BCUT2D eigenvalue weighted by atomic mass is 10.1. The van der Waals surface area contributed by atoms with Crippen molar-refractivity contribution in [2.24, 2.45) is 0 Å². The highest BCUT2D eigenvalue weighted by molar-refractivity contribution is 5.78. The Balaban J connectivity index is 1.88. The van der Waals surface area contributed by atoms with Gasteiger partial charge in [0.15, 0.2) is 0 Å². The molecular formula is C19H23FN2O3. The first-order chi connectivity index (χ1) is 12.1. The van der Waals surface area contributed by atoms with E-state index in [2.05, 4.69) is 0 Å². The molecule has 0 unspecified atom stereocenters. The molecule has 0 radical (unpaired) electrons. The number of nitrogen functional groups attached to an aromatic ring is 1. The van der Waals surface area contributed by atoms with Crippen molar-refractivity contribution in [2.45, 2.75) is 6.42 Å². The summed E-state index contributed by atoms with van der Waals surface area (Å²) in [6.45, 7) is 1.68. The summed E-state index contributed by atoms with van der Waals surface area (Å²) in [6.07, 6.45) is 0.292. The normalized spacial score (nSPS) is 10.5. The molecule has 0 aliphatic rings. The summed E-state index contributed by atoms with van der Waals surface area (Å²) in [5.41, 5.74) is 7.23. The smallest absolute Gasteiger partial charge is 0.227 e. The van der Waals surface area contributed by atoms with Gasteiger partial charge in [-0.3, -0.25) is 4.79 Å². The van der Waals surface area contributed by atoms with Gasteiger partial charge < -0.3 is 20.1 Å². The van der Waals surface area contributed by atoms with Crippen LogP contribution in [-0.4, -0.2) is 44.2 Å². The average Bonchev–Trinajstić information content (AvgIpc) is 2.61. The highest BCUT2D eigenvalue weighted by Crippen LogP contribution is 2.11. The lowest BCUT2D eigenvalue weighted by Gasteiger charge is -2.22. The van der Waals surface area contributed by atoms with Crippen molar-refractivity contribution < 1.29 is 18.7 Å². The number of amides is 1. The molecule has 2 N–H and O–H groups in total. The van der Waals surface area contributed by atoms with Crippen LogP contribution in [-0.2, 0) is 16.0 Å². The second kappa shape index (κ2) is 9.64. The number of carbonyl (C=O) groups excluding carboxylic acids is 1. The van der Waals surface area contributed by atoms with E-state index in [-0.39, 0.29) is 11.7 Å². The first kappa shape index (κ1) is 18.7. The number of hydrogen-bond acceptors (Lipinski definition) is 4. The molecule has 0 spiro atoms. The molecule has 2 rings (SSSR count). The van der Waals surface area contributed by atoms with E-state index in [1.54, 1.807) is 36.3 Å². The van der Waals surface area contributed by atoms with E-state index in [0.717, 1.165) is 5.56 Å². The molecule has 2 aromatic carbocycles. The summed E-state index contributed by atoms with van der Waals surface area (Å²) in [6, 6.07) is 13.0. The fourth-order valence-corrected chi connectivity index (χ4v) is 2.29. The van der Waals surface area contributed by atoms with Gasteiger partial charge in [-0.25, -0.2) is 4.39 Å². The van der Waals surface area contributed by atoms with Crippen LogP contribution in [0.25, 0.3) is 0 Å². The molecule has 0 aromatic heterocycles. The number of halogens is 1. The van der Waals surface area contributed by atoms with E-state index in [1.807, 2.05) is 12.1 Å². The van der Waals surface area contributed by atoms with Gasteiger partial charge in [-0.15, -0.1) is 0 Å². The summed E-state index contributed by atoms with van der Waals surface area (Å²) in [7, 11) is 1.59. The van der Waals surface area contributed by atoms with E-state index in [9.17, 15) is 9.18 Å². The molecule has 25 heavy (non-hydrogen) atoms. The van der Waals surface area contributed by atoms with E-state index in [0.29, 0.717) is 44.2 Å². The molecule has 5 nitrogen and oxygen atoms in total. The molecule has 134 valence electrons. The van der Waals surface area contributed by atoms with Gasteiger partial charge in [0, 0.05) is 19.3 Å². The minimum atomic E-state index is -0.312. The minimum Gasteiger partial charge on any atom is -0.492 e. The van der Waals surface area contributed by atoms with Crippen molar-refractivity contribution in [3.63, 3.8) is 0 Å². The fraction of sp³-hybridized carbons (Fsp3) is 0.316. The minimum absolute atomic E-state index is 0.00970. The van der Waals surface area contributed by atoms with Gasteiger partial charge in [0.05, 0.1) is 19.6 Å². The number of rotatable bonds is 9. The van der Waals surface area contributed by atoms with Crippen LogP contribution in [0.4, 0.5) is 10.1 Å². The Morgan fingerprint density at radius 2 is 1.68 bits per heavy atom. The first-order valence-electron chi connectivity index (χ1n) is 8.08. The zero-order valence-corrected chi connectivity index (χ0v) is 14.3. The molecule has 0 aliphatic heterocycles. The Morgan fingerprint density at radius 3 is 2.32 bits per heavy atom. The molecule has 6 heteroatoms. The van der Waals surface area contributed by atoms with Gasteiger partial charge in [0.25, 0.3) is 0 Å². The average molecular weight is 346 g/mol. The van der Waals surface area contributed by atoms with Crippen LogP contribution in [0.1, 0.15) is 5.56 Å². The quantitative estimate of drug-likeness (QED) is 0.709. The summed E-state index contributed by atoms with van der Waals surface area (Å²) in [5.74, 6) is 0.247. The maximum atomic E-state index is 12.9. The standard InChI is InChI=1S/C19H23FN2O3/c1-24-12-10-22(11-13-25-18-8-4-16(20)5-9-18)19(23)14-15-2-6-17(21)7-3-15/h2-9H,10-14,21H2,1H3. The van der Waals surface area contributed by atoms with Gasteiger partial charge in [-0.2, -0.15) is 0 Å². The Morgan fingerprint density at radius 1 is 1.04 bits per heavy atom. The molecule has 0 aliphatic carbocycles. The SMILES string of the molecule is COCCN(CCOc1ccc(F)cc1)C(=O)Cc1ccc(N)cc1. The van der Waals surface area contributed by atoms with E-state index >= 15 is 0 Å². The Hall–Kier alpha value is -2.60. The third kappa shape index (κ3) is 6.43. The summed E-state index contributed by atoms with van der Waals surface area (Å²) in [5, 5.41) is 0. The molecule has 0 saturated heterocycles. The number of anilines is 1. The number of nitrogens with two attached hydrogens (primary N) is 1. The fourth-order valence-electron chi connectivity index (χ4n) is 2.29. The molecule has 0 bridgehead atoms. The van der Waals surface area contributed by atoms with Crippen LogP contribution in [0.5, 0.6) is 5.75 Å². The molecule has 2 aromatic rings. The molecule has 0 atom stereocenters. The van der Waals surface area contributed by atoms with Gasteiger partial charge in [0.1, 0.15) is 18.2 Å². The van der Waals surface area contributed by atoms with Crippen LogP contribution in [0.15, 0.2) is 48.5 Å². The van der Waals surface area contributed by atoms with Crippen molar-refractivity contribution in [3.8, 4) is 5.75 Å². The maximum Gasteiger partial charge on any atom is 0.227 e. The molecule has 0 saturated carbocycles. The van der Waals surface area contributed by atoms with E-state index in [4.69, 9.17) is 15.2 Å². The maximum absolute atomic E-state index is 12.9. The topological polar surface area (TPSA) is 64.8 Å². The molecule has 0 heterocycles. The van der Waals surface area contributed by atoms with Gasteiger partial charge in [0.2, 0.25) is 5.91 Å². The highest BCUT2D eigenvalue weighted by atomic mass is 19.1. The molecule has 1 amide bonds. The van der Waals surface area contributed by atoms with Gasteiger partial charge >= 0.3 is 0 Å². The zero-order valence-electron chi connectivity index (χ0n) is 14.3. The zero-order chi connectivity index (χ0) is 18.1. The largest absolute Gasteiger partial charge is 0.492 e. The van der Waals surface area contributed by atoms with Crippen molar-refractivity contribution in [1.82, 2.24) is 4.90 Å². The molecular weight excluding hydrogens is 323 g/mol. The van der Waals surface area contributed by atoms with Crippen molar-refractivity contribution in [3.05, 3.63) is 59.9 Å². The summed E-state index contributed by atoms with van der Waals surface area (Å²) in [4.78, 5) is 14.2. The van der Waals surface area contributed by atoms with Crippen LogP contribution < -0.4 is 10.5 Å². The van der Waals surface area contributed by atoms with Gasteiger partial charge in [-0.1, -0.05) is 12.1 Å². The second-order valence-electron chi connectivity index (χ2n) is 5.59. The lowest BCUT2D eigenvalue weighted by Crippen LogP contribution is -2.38. The van der Waals surface area contributed by atoms with Crippen molar-refractivity contribution in [2.75, 3.05) is 39.1 Å². The Labute approximate surface area is 147 Å². The van der Waals surface area contributed by atoms with Crippen molar-refractivity contribution in [1.29, 1.82) is 0 Å². The van der Waals surface area contributed by atoms with Gasteiger partial charge in [-0.05, 0) is 42.0 Å². The second-order valence-corrected chi connectivity index (χ2v) is 5.59. The highest BCUT2D eigenvalue weighted by Gasteiger charge is 2.14. The number of methoxy groups -OCH3 is 1. The first-order valence-corrected chi connectivity index (χ1v) is 8.08. The Kier molecular flexibility index (Phi) is 7.22. The van der Waals surface area contributed by atoms with Crippen LogP contribution in [0.3, 0.4) is 0 Å². The number of nitrogens with zero attached hydrogens (tertiary/aromatic N) is 1.